The van der Waals surface area contributed by atoms with Gasteiger partial charge in [0.1, 0.15) is 0 Å². The molecule has 0 aliphatic carbocycles. The maximum absolute atomic E-state index is 12.4. The molecule has 1 heterocycles. The first kappa shape index (κ1) is 21.7. The van der Waals surface area contributed by atoms with Gasteiger partial charge in [0.15, 0.2) is 5.96 Å². The number of benzene rings is 1. The Labute approximate surface area is 167 Å². The highest BCUT2D eigenvalue weighted by Crippen LogP contribution is 2.18. The van der Waals surface area contributed by atoms with Crippen molar-refractivity contribution in [3.8, 4) is 0 Å². The van der Waals surface area contributed by atoms with Crippen LogP contribution < -0.4 is 10.6 Å². The zero-order valence-corrected chi connectivity index (χ0v) is 17.8. The topological polar surface area (TPSA) is 66.0 Å². The van der Waals surface area contributed by atoms with Crippen LogP contribution in [0.3, 0.4) is 0 Å². The molecule has 140 valence electrons. The van der Waals surface area contributed by atoms with Gasteiger partial charge in [-0.05, 0) is 31.4 Å². The van der Waals surface area contributed by atoms with Gasteiger partial charge in [0.2, 0.25) is 5.91 Å². The molecule has 6 nitrogen and oxygen atoms in total. The highest BCUT2D eigenvalue weighted by atomic mass is 127. The number of ether oxygens (including phenoxy) is 1. The summed E-state index contributed by atoms with van der Waals surface area (Å²) in [4.78, 5) is 18.5. The van der Waals surface area contributed by atoms with Gasteiger partial charge in [-0.2, -0.15) is 0 Å². The highest BCUT2D eigenvalue weighted by Gasteiger charge is 2.21. The molecule has 0 aromatic heterocycles. The number of aliphatic imine (C=N–C) groups is 1. The number of halogens is 1. The summed E-state index contributed by atoms with van der Waals surface area (Å²) in [5, 5.41) is 6.26. The summed E-state index contributed by atoms with van der Waals surface area (Å²) in [6.45, 7) is 6.26. The van der Waals surface area contributed by atoms with Crippen molar-refractivity contribution in [1.29, 1.82) is 0 Å². The molecule has 0 unspecified atom stereocenters. The second-order valence-corrected chi connectivity index (χ2v) is 6.58. The zero-order valence-electron chi connectivity index (χ0n) is 15.5. The number of fused-ring (bicyclic) bond motifs is 1. The number of nitrogens with one attached hydrogen (secondary N) is 2. The number of hydrogen-bond donors (Lipinski definition) is 2. The van der Waals surface area contributed by atoms with Gasteiger partial charge in [-0.3, -0.25) is 9.79 Å². The largest absolute Gasteiger partial charge is 0.377 e. The van der Waals surface area contributed by atoms with E-state index in [1.165, 1.54) is 11.1 Å². The van der Waals surface area contributed by atoms with Crippen LogP contribution in [0.1, 0.15) is 25.0 Å². The molecular weight excluding hydrogens is 431 g/mol. The van der Waals surface area contributed by atoms with E-state index < -0.39 is 0 Å². The number of amides is 1. The van der Waals surface area contributed by atoms with E-state index in [4.69, 9.17) is 4.74 Å². The standard InChI is InChI=1S/C18H28N4O2.HI/c1-18(2,24-4)13-21-17(19-3)20-11-16(23)22-10-9-14-7-5-6-8-15(14)12-22;/h5-8H,9-13H2,1-4H3,(H2,19,20,21);1H. The molecule has 2 N–H and O–H groups in total. The van der Waals surface area contributed by atoms with Crippen molar-refractivity contribution in [3.05, 3.63) is 35.4 Å². The van der Waals surface area contributed by atoms with Crippen LogP contribution in [0, 0.1) is 0 Å². The van der Waals surface area contributed by atoms with E-state index in [1.54, 1.807) is 14.2 Å². The summed E-state index contributed by atoms with van der Waals surface area (Å²) in [5.74, 6) is 0.685. The molecule has 25 heavy (non-hydrogen) atoms. The van der Waals surface area contributed by atoms with Crippen molar-refractivity contribution in [2.75, 3.05) is 33.8 Å². The minimum atomic E-state index is -0.293. The predicted octanol–water partition coefficient (Wildman–Crippen LogP) is 1.78. The van der Waals surface area contributed by atoms with Crippen molar-refractivity contribution in [2.24, 2.45) is 4.99 Å². The van der Waals surface area contributed by atoms with Crippen LogP contribution in [0.4, 0.5) is 0 Å². The van der Waals surface area contributed by atoms with Gasteiger partial charge in [-0.25, -0.2) is 0 Å². The quantitative estimate of drug-likeness (QED) is 0.400. The fraction of sp³-hybridized carbons (Fsp3) is 0.556. The first-order valence-corrected chi connectivity index (χ1v) is 8.29. The minimum Gasteiger partial charge on any atom is -0.377 e. The van der Waals surface area contributed by atoms with Gasteiger partial charge in [-0.15, -0.1) is 24.0 Å². The molecule has 1 amide bonds. The Kier molecular flexibility index (Phi) is 8.64. The molecule has 1 aromatic rings. The summed E-state index contributed by atoms with van der Waals surface area (Å²) in [6, 6.07) is 8.30. The van der Waals surface area contributed by atoms with E-state index >= 15 is 0 Å². The molecule has 0 atom stereocenters. The normalized spacial score (nSPS) is 14.4. The van der Waals surface area contributed by atoms with Gasteiger partial charge in [0, 0.05) is 33.8 Å². The van der Waals surface area contributed by atoms with Gasteiger partial charge < -0.3 is 20.3 Å². The average molecular weight is 460 g/mol. The Balaban J connectivity index is 0.00000312. The Morgan fingerprint density at radius 3 is 2.60 bits per heavy atom. The van der Waals surface area contributed by atoms with Crippen molar-refractivity contribution >= 4 is 35.8 Å². The van der Waals surface area contributed by atoms with Gasteiger partial charge in [-0.1, -0.05) is 24.3 Å². The first-order valence-electron chi connectivity index (χ1n) is 8.29. The molecule has 0 saturated carbocycles. The molecule has 0 bridgehead atoms. The number of hydrogen-bond acceptors (Lipinski definition) is 3. The molecular formula is C18H29IN4O2. The smallest absolute Gasteiger partial charge is 0.242 e. The van der Waals surface area contributed by atoms with Gasteiger partial charge in [0.05, 0.1) is 12.1 Å². The highest BCUT2D eigenvalue weighted by molar-refractivity contribution is 14.0. The van der Waals surface area contributed by atoms with Crippen molar-refractivity contribution < 1.29 is 9.53 Å². The van der Waals surface area contributed by atoms with E-state index in [0.717, 1.165) is 13.0 Å². The molecule has 1 aromatic carbocycles. The number of guanidine groups is 1. The summed E-state index contributed by atoms with van der Waals surface area (Å²) >= 11 is 0. The number of nitrogens with zero attached hydrogens (tertiary/aromatic N) is 2. The lowest BCUT2D eigenvalue weighted by Crippen LogP contribution is -2.48. The summed E-state index contributed by atoms with van der Waals surface area (Å²) < 4.78 is 5.37. The van der Waals surface area contributed by atoms with Crippen LogP contribution in [0.5, 0.6) is 0 Å². The fourth-order valence-corrected chi connectivity index (χ4v) is 2.57. The molecule has 0 radical (unpaired) electrons. The molecule has 1 aliphatic heterocycles. The maximum Gasteiger partial charge on any atom is 0.242 e. The van der Waals surface area contributed by atoms with E-state index in [0.29, 0.717) is 19.0 Å². The zero-order chi connectivity index (χ0) is 17.6. The molecule has 0 saturated heterocycles. The third-order valence-corrected chi connectivity index (χ3v) is 4.35. The SMILES string of the molecule is CN=C(NCC(=O)N1CCc2ccccc2C1)NCC(C)(C)OC.I. The maximum atomic E-state index is 12.4. The Morgan fingerprint density at radius 1 is 1.28 bits per heavy atom. The van der Waals surface area contributed by atoms with Gasteiger partial charge >= 0.3 is 0 Å². The molecule has 0 spiro atoms. The lowest BCUT2D eigenvalue weighted by molar-refractivity contribution is -0.130. The van der Waals surface area contributed by atoms with Crippen LogP contribution >= 0.6 is 24.0 Å². The third kappa shape index (κ3) is 6.47. The Morgan fingerprint density at radius 2 is 1.96 bits per heavy atom. The first-order chi connectivity index (χ1) is 11.4. The van der Waals surface area contributed by atoms with Crippen LogP contribution in [-0.2, 0) is 22.5 Å². The molecule has 0 fully saturated rings. The lowest BCUT2D eigenvalue weighted by Gasteiger charge is -2.29. The molecule has 7 heteroatoms. The minimum absolute atomic E-state index is 0. The predicted molar refractivity (Wildman–Crippen MR) is 111 cm³/mol. The van der Waals surface area contributed by atoms with Crippen LogP contribution in [-0.4, -0.2) is 56.2 Å². The fourth-order valence-electron chi connectivity index (χ4n) is 2.57. The van der Waals surface area contributed by atoms with E-state index in [2.05, 4.69) is 33.8 Å². The van der Waals surface area contributed by atoms with Crippen LogP contribution in [0.15, 0.2) is 29.3 Å². The monoisotopic (exact) mass is 460 g/mol. The molecule has 2 rings (SSSR count). The van der Waals surface area contributed by atoms with E-state index in [-0.39, 0.29) is 42.0 Å². The number of carbonyl (C=O) groups is 1. The number of methoxy groups -OCH3 is 1. The van der Waals surface area contributed by atoms with Crippen molar-refractivity contribution in [3.63, 3.8) is 0 Å². The number of carbonyl (C=O) groups excluding carboxylic acids is 1. The van der Waals surface area contributed by atoms with Crippen LogP contribution in [0.25, 0.3) is 0 Å². The average Bonchev–Trinajstić information content (AvgIpc) is 2.61. The Bertz CT molecular complexity index is 604. The summed E-state index contributed by atoms with van der Waals surface area (Å²) in [5.41, 5.74) is 2.29. The van der Waals surface area contributed by atoms with E-state index in [1.807, 2.05) is 24.8 Å². The summed E-state index contributed by atoms with van der Waals surface area (Å²) in [7, 11) is 3.37. The lowest BCUT2D eigenvalue weighted by atomic mass is 10.00. The van der Waals surface area contributed by atoms with Crippen molar-refractivity contribution in [2.45, 2.75) is 32.4 Å². The molecule has 1 aliphatic rings. The van der Waals surface area contributed by atoms with Crippen LogP contribution in [0.2, 0.25) is 0 Å². The third-order valence-electron chi connectivity index (χ3n) is 4.35. The second kappa shape index (κ2) is 9.96. The Hall–Kier alpha value is -1.35. The number of rotatable bonds is 5. The summed E-state index contributed by atoms with van der Waals surface area (Å²) in [6.07, 6.45) is 0.914. The van der Waals surface area contributed by atoms with Crippen molar-refractivity contribution in [1.82, 2.24) is 15.5 Å². The van der Waals surface area contributed by atoms with Gasteiger partial charge in [0.25, 0.3) is 0 Å². The van der Waals surface area contributed by atoms with E-state index in [9.17, 15) is 4.79 Å². The second-order valence-electron chi connectivity index (χ2n) is 6.58.